The van der Waals surface area contributed by atoms with Crippen molar-refractivity contribution in [3.05, 3.63) is 0 Å². The fraction of sp³-hybridized carbons (Fsp3) is 0.875. The Balaban J connectivity index is 4.53. The Morgan fingerprint density at radius 1 is 1.15 bits per heavy atom. The number of unbranched alkanes of at least 4 members (excludes halogenated alkanes) is 1. The number of ether oxygens (including phenoxy) is 2. The summed E-state index contributed by atoms with van der Waals surface area (Å²) >= 11 is 0. The highest BCUT2D eigenvalue weighted by Gasteiger charge is 2.35. The lowest BCUT2D eigenvalue weighted by Crippen LogP contribution is -2.43. The summed E-state index contributed by atoms with van der Waals surface area (Å²) in [5, 5.41) is 0. The van der Waals surface area contributed by atoms with Gasteiger partial charge < -0.3 is 9.47 Å². The van der Waals surface area contributed by atoms with Crippen LogP contribution in [0.15, 0.2) is 0 Å². The molecule has 0 aliphatic rings. The molecular weight excluding hydrogens is 256 g/mol. The monoisotopic (exact) mass is 286 g/mol. The Morgan fingerprint density at radius 3 is 2.20 bits per heavy atom. The first-order valence-corrected chi connectivity index (χ1v) is 7.65. The molecule has 0 N–H and O–H groups in total. The second-order valence-corrected chi connectivity index (χ2v) is 5.96. The molecule has 0 fully saturated rings. The lowest BCUT2D eigenvalue weighted by atomic mass is 9.92. The van der Waals surface area contributed by atoms with Gasteiger partial charge in [-0.2, -0.15) is 0 Å². The smallest absolute Gasteiger partial charge is 0.309 e. The van der Waals surface area contributed by atoms with Gasteiger partial charge in [-0.25, -0.2) is 0 Å². The third kappa shape index (κ3) is 6.40. The maximum atomic E-state index is 11.9. The number of esters is 2. The van der Waals surface area contributed by atoms with E-state index in [9.17, 15) is 9.59 Å². The van der Waals surface area contributed by atoms with E-state index in [4.69, 9.17) is 9.47 Å². The Bertz CT molecular complexity index is 312. The summed E-state index contributed by atoms with van der Waals surface area (Å²) in [4.78, 5) is 23.5. The van der Waals surface area contributed by atoms with Crippen LogP contribution in [-0.2, 0) is 19.1 Å². The fourth-order valence-electron chi connectivity index (χ4n) is 1.43. The summed E-state index contributed by atoms with van der Waals surface area (Å²) in [6, 6.07) is 0. The molecule has 0 saturated heterocycles. The normalized spacial score (nSPS) is 15.6. The van der Waals surface area contributed by atoms with Crippen LogP contribution >= 0.6 is 0 Å². The van der Waals surface area contributed by atoms with Gasteiger partial charge in [0.15, 0.2) is 0 Å². The predicted octanol–water partition coefficient (Wildman–Crippen LogP) is 3.72. The van der Waals surface area contributed by atoms with Crippen molar-refractivity contribution < 1.29 is 19.1 Å². The van der Waals surface area contributed by atoms with Crippen LogP contribution in [0.1, 0.15) is 67.2 Å². The first kappa shape index (κ1) is 18.9. The van der Waals surface area contributed by atoms with Crippen LogP contribution in [0.4, 0.5) is 0 Å². The van der Waals surface area contributed by atoms with Gasteiger partial charge in [-0.15, -0.1) is 0 Å². The zero-order valence-corrected chi connectivity index (χ0v) is 13.8. The van der Waals surface area contributed by atoms with Gasteiger partial charge in [-0.3, -0.25) is 9.59 Å². The van der Waals surface area contributed by atoms with Gasteiger partial charge in [0, 0.05) is 6.42 Å². The fourth-order valence-corrected chi connectivity index (χ4v) is 1.43. The molecule has 0 spiro atoms. The summed E-state index contributed by atoms with van der Waals surface area (Å²) in [7, 11) is 0. The van der Waals surface area contributed by atoms with Crippen molar-refractivity contribution in [1.82, 2.24) is 0 Å². The molecule has 4 heteroatoms. The van der Waals surface area contributed by atoms with Crippen molar-refractivity contribution in [2.75, 3.05) is 6.61 Å². The molecule has 0 aliphatic heterocycles. The highest BCUT2D eigenvalue weighted by Crippen LogP contribution is 2.24. The lowest BCUT2D eigenvalue weighted by molar-refractivity contribution is -0.180. The van der Waals surface area contributed by atoms with Gasteiger partial charge in [0.25, 0.3) is 0 Å². The third-order valence-corrected chi connectivity index (χ3v) is 3.82. The van der Waals surface area contributed by atoms with Crippen molar-refractivity contribution in [3.8, 4) is 0 Å². The Hall–Kier alpha value is -1.06. The predicted molar refractivity (Wildman–Crippen MR) is 79.3 cm³/mol. The van der Waals surface area contributed by atoms with Crippen LogP contribution in [0.5, 0.6) is 0 Å². The molecule has 4 nitrogen and oxygen atoms in total. The molecule has 118 valence electrons. The quantitative estimate of drug-likeness (QED) is 0.606. The maximum Gasteiger partial charge on any atom is 0.309 e. The summed E-state index contributed by atoms with van der Waals surface area (Å²) < 4.78 is 10.9. The van der Waals surface area contributed by atoms with E-state index >= 15 is 0 Å². The van der Waals surface area contributed by atoms with E-state index in [-0.39, 0.29) is 30.4 Å². The third-order valence-electron chi connectivity index (χ3n) is 3.82. The van der Waals surface area contributed by atoms with Crippen LogP contribution in [0.25, 0.3) is 0 Å². The summed E-state index contributed by atoms with van der Waals surface area (Å²) in [6.07, 6.45) is 2.94. The molecule has 2 unspecified atom stereocenters. The molecule has 0 heterocycles. The second-order valence-electron chi connectivity index (χ2n) is 5.96. The molecule has 0 amide bonds. The molecular formula is C16H30O4. The maximum absolute atomic E-state index is 11.9. The molecule has 0 aliphatic carbocycles. The average Bonchev–Trinajstić information content (AvgIpc) is 2.41. The van der Waals surface area contributed by atoms with E-state index < -0.39 is 5.60 Å². The number of hydrogen-bond donors (Lipinski definition) is 0. The molecule has 0 aromatic heterocycles. The Morgan fingerprint density at radius 2 is 1.75 bits per heavy atom. The van der Waals surface area contributed by atoms with Gasteiger partial charge >= 0.3 is 11.9 Å². The molecule has 0 aromatic rings. The minimum absolute atomic E-state index is 0.0782. The van der Waals surface area contributed by atoms with Crippen LogP contribution in [0, 0.1) is 11.8 Å². The van der Waals surface area contributed by atoms with Crippen molar-refractivity contribution in [1.29, 1.82) is 0 Å². The summed E-state index contributed by atoms with van der Waals surface area (Å²) in [5.74, 6) is -0.509. The largest absolute Gasteiger partial charge is 0.461 e. The van der Waals surface area contributed by atoms with Crippen molar-refractivity contribution in [2.24, 2.45) is 11.8 Å². The van der Waals surface area contributed by atoms with E-state index in [1.165, 1.54) is 0 Å². The highest BCUT2D eigenvalue weighted by atomic mass is 16.6. The minimum Gasteiger partial charge on any atom is -0.461 e. The van der Waals surface area contributed by atoms with Gasteiger partial charge in [0.2, 0.25) is 0 Å². The lowest BCUT2D eigenvalue weighted by Gasteiger charge is -2.33. The standard InChI is InChI=1S/C16H30O4/c1-7-9-10-14(17)19-11-16(6,12(3)4)20-15(18)13(5)8-2/h12-13H,7-11H2,1-6H3. The molecule has 20 heavy (non-hydrogen) atoms. The van der Waals surface area contributed by atoms with Crippen molar-refractivity contribution in [2.45, 2.75) is 72.8 Å². The molecule has 0 rings (SSSR count). The number of carbonyl (C=O) groups is 2. The Labute approximate surface area is 123 Å². The van der Waals surface area contributed by atoms with Gasteiger partial charge in [0.05, 0.1) is 5.92 Å². The topological polar surface area (TPSA) is 52.6 Å². The van der Waals surface area contributed by atoms with E-state index in [1.807, 2.05) is 41.5 Å². The van der Waals surface area contributed by atoms with Gasteiger partial charge in [-0.1, -0.05) is 41.0 Å². The molecule has 0 aromatic carbocycles. The highest BCUT2D eigenvalue weighted by molar-refractivity contribution is 5.72. The first-order chi connectivity index (χ1) is 9.26. The molecule has 0 radical (unpaired) electrons. The van der Waals surface area contributed by atoms with Gasteiger partial charge in [-0.05, 0) is 25.7 Å². The number of hydrogen-bond acceptors (Lipinski definition) is 4. The first-order valence-electron chi connectivity index (χ1n) is 7.65. The van der Waals surface area contributed by atoms with Crippen LogP contribution < -0.4 is 0 Å². The van der Waals surface area contributed by atoms with Crippen molar-refractivity contribution in [3.63, 3.8) is 0 Å². The van der Waals surface area contributed by atoms with Crippen molar-refractivity contribution >= 4 is 11.9 Å². The number of rotatable bonds is 9. The number of carbonyl (C=O) groups excluding carboxylic acids is 2. The zero-order valence-electron chi connectivity index (χ0n) is 13.8. The molecule has 0 saturated carbocycles. The summed E-state index contributed by atoms with van der Waals surface area (Å²) in [6.45, 7) is 11.7. The molecule has 2 atom stereocenters. The Kier molecular flexibility index (Phi) is 8.51. The SMILES string of the molecule is CCCCC(=O)OCC(C)(OC(=O)C(C)CC)C(C)C. The minimum atomic E-state index is -0.762. The molecule has 0 bridgehead atoms. The van der Waals surface area contributed by atoms with Crippen LogP contribution in [0.3, 0.4) is 0 Å². The average molecular weight is 286 g/mol. The van der Waals surface area contributed by atoms with E-state index in [2.05, 4.69) is 0 Å². The summed E-state index contributed by atoms with van der Waals surface area (Å²) in [5.41, 5.74) is -0.762. The van der Waals surface area contributed by atoms with Crippen LogP contribution in [-0.4, -0.2) is 24.1 Å². The van der Waals surface area contributed by atoms with E-state index in [0.717, 1.165) is 19.3 Å². The van der Waals surface area contributed by atoms with E-state index in [1.54, 1.807) is 0 Å². The second kappa shape index (κ2) is 8.98. The van der Waals surface area contributed by atoms with E-state index in [0.29, 0.717) is 6.42 Å². The van der Waals surface area contributed by atoms with Crippen LogP contribution in [0.2, 0.25) is 0 Å². The van der Waals surface area contributed by atoms with Gasteiger partial charge in [0.1, 0.15) is 12.2 Å². The zero-order chi connectivity index (χ0) is 15.8.